The second-order valence-electron chi connectivity index (χ2n) is 4.80. The molecule has 2 aromatic rings. The number of hydrogen-bond donors (Lipinski definition) is 0. The lowest BCUT2D eigenvalue weighted by Crippen LogP contribution is -2.32. The molecule has 1 aliphatic heterocycles. The minimum atomic E-state index is -4.48. The van der Waals surface area contributed by atoms with Crippen LogP contribution in [-0.4, -0.2) is 33.4 Å². The predicted molar refractivity (Wildman–Crippen MR) is 67.9 cm³/mol. The van der Waals surface area contributed by atoms with Crippen molar-refractivity contribution in [3.63, 3.8) is 0 Å². The Balaban J connectivity index is 1.90. The molecule has 0 saturated heterocycles. The van der Waals surface area contributed by atoms with Gasteiger partial charge in [-0.25, -0.2) is 4.98 Å². The second-order valence-corrected chi connectivity index (χ2v) is 4.80. The molecule has 5 nitrogen and oxygen atoms in total. The molecule has 0 aliphatic carbocycles. The summed E-state index contributed by atoms with van der Waals surface area (Å²) in [5.41, 5.74) is 0.649. The van der Waals surface area contributed by atoms with E-state index < -0.39 is 24.6 Å². The van der Waals surface area contributed by atoms with Crippen LogP contribution in [0.5, 0.6) is 0 Å². The van der Waals surface area contributed by atoms with Crippen LogP contribution in [0.4, 0.5) is 23.2 Å². The van der Waals surface area contributed by atoms with Gasteiger partial charge in [0.15, 0.2) is 0 Å². The highest BCUT2D eigenvalue weighted by Gasteiger charge is 2.33. The largest absolute Gasteiger partial charge is 0.408 e. The van der Waals surface area contributed by atoms with E-state index in [-0.39, 0.29) is 12.2 Å². The molecule has 3 heterocycles. The monoisotopic (exact) mass is 314 g/mol. The smallest absolute Gasteiger partial charge is 0.305 e. The van der Waals surface area contributed by atoms with Gasteiger partial charge in [0.2, 0.25) is 5.95 Å². The highest BCUT2D eigenvalue weighted by Crippen LogP contribution is 2.28. The Labute approximate surface area is 122 Å². The Hall–Kier alpha value is -2.45. The van der Waals surface area contributed by atoms with E-state index in [1.165, 1.54) is 17.0 Å². The minimum Gasteiger partial charge on any atom is -0.305 e. The Kier molecular flexibility index (Phi) is 3.34. The van der Waals surface area contributed by atoms with Crippen molar-refractivity contribution in [2.45, 2.75) is 19.1 Å². The van der Waals surface area contributed by atoms with E-state index in [4.69, 9.17) is 0 Å². The molecule has 0 bridgehead atoms. The summed E-state index contributed by atoms with van der Waals surface area (Å²) in [4.78, 5) is 17.4. The second kappa shape index (κ2) is 5.08. The molecule has 0 radical (unpaired) electrons. The molecule has 2 aromatic heterocycles. The van der Waals surface area contributed by atoms with Gasteiger partial charge in [-0.2, -0.15) is 22.7 Å². The first-order chi connectivity index (χ1) is 10.3. The van der Waals surface area contributed by atoms with Crippen LogP contribution in [0, 0.1) is 5.95 Å². The molecular weight excluding hydrogens is 304 g/mol. The molecule has 9 heteroatoms. The van der Waals surface area contributed by atoms with Crippen molar-refractivity contribution in [2.75, 3.05) is 11.4 Å². The van der Waals surface area contributed by atoms with Crippen LogP contribution in [0.2, 0.25) is 0 Å². The van der Waals surface area contributed by atoms with Gasteiger partial charge in [0.1, 0.15) is 12.2 Å². The maximum Gasteiger partial charge on any atom is 0.408 e. The number of amides is 1. The number of carbonyl (C=O) groups is 1. The third-order valence-electron chi connectivity index (χ3n) is 3.29. The lowest BCUT2D eigenvalue weighted by atomic mass is 10.3. The van der Waals surface area contributed by atoms with Gasteiger partial charge in [-0.3, -0.25) is 9.48 Å². The molecule has 3 rings (SSSR count). The maximum absolute atomic E-state index is 13.1. The van der Waals surface area contributed by atoms with Crippen molar-refractivity contribution in [3.05, 3.63) is 41.7 Å². The zero-order valence-electron chi connectivity index (χ0n) is 11.1. The van der Waals surface area contributed by atoms with Gasteiger partial charge in [-0.1, -0.05) is 0 Å². The molecule has 0 saturated carbocycles. The summed E-state index contributed by atoms with van der Waals surface area (Å²) in [7, 11) is 0. The van der Waals surface area contributed by atoms with Crippen molar-refractivity contribution in [1.82, 2.24) is 14.8 Å². The zero-order valence-corrected chi connectivity index (χ0v) is 11.1. The van der Waals surface area contributed by atoms with Crippen LogP contribution in [-0.2, 0) is 13.0 Å². The quantitative estimate of drug-likeness (QED) is 0.631. The van der Waals surface area contributed by atoms with Crippen molar-refractivity contribution >= 4 is 11.6 Å². The average Bonchev–Trinajstić information content (AvgIpc) is 3.02. The Morgan fingerprint density at radius 1 is 1.27 bits per heavy atom. The number of anilines is 1. The van der Waals surface area contributed by atoms with Crippen molar-refractivity contribution in [1.29, 1.82) is 0 Å². The number of hydrogen-bond acceptors (Lipinski definition) is 3. The van der Waals surface area contributed by atoms with E-state index in [1.54, 1.807) is 0 Å². The maximum atomic E-state index is 13.1. The first-order valence-corrected chi connectivity index (χ1v) is 6.41. The molecule has 116 valence electrons. The number of carbonyl (C=O) groups excluding carboxylic acids is 1. The molecule has 0 atom stereocenters. The number of nitrogens with zero attached hydrogens (tertiary/aromatic N) is 4. The standard InChI is InChI=1S/C13H10F4N4O/c14-11-2-1-9-8(19-11)4-6-20(9)12(22)10-3-5-18-21(10)7-13(15,16)17/h1-3,5H,4,6-7H2. The fourth-order valence-electron chi connectivity index (χ4n) is 2.39. The highest BCUT2D eigenvalue weighted by molar-refractivity contribution is 6.06. The van der Waals surface area contributed by atoms with Crippen molar-refractivity contribution < 1.29 is 22.4 Å². The first-order valence-electron chi connectivity index (χ1n) is 6.41. The first kappa shape index (κ1) is 14.5. The van der Waals surface area contributed by atoms with Gasteiger partial charge in [0.25, 0.3) is 5.91 Å². The number of aromatic nitrogens is 3. The van der Waals surface area contributed by atoms with Crippen LogP contribution in [0.3, 0.4) is 0 Å². The van der Waals surface area contributed by atoms with Crippen LogP contribution in [0.25, 0.3) is 0 Å². The Bertz CT molecular complexity index is 725. The lowest BCUT2D eigenvalue weighted by molar-refractivity contribution is -0.142. The minimum absolute atomic E-state index is 0.172. The molecule has 0 N–H and O–H groups in total. The topological polar surface area (TPSA) is 51.0 Å². The molecule has 1 amide bonds. The fraction of sp³-hybridized carbons (Fsp3) is 0.308. The van der Waals surface area contributed by atoms with Gasteiger partial charge >= 0.3 is 6.18 Å². The van der Waals surface area contributed by atoms with E-state index in [0.717, 1.165) is 12.3 Å². The van der Waals surface area contributed by atoms with E-state index in [2.05, 4.69) is 10.1 Å². The fourth-order valence-corrected chi connectivity index (χ4v) is 2.39. The molecule has 0 spiro atoms. The summed E-state index contributed by atoms with van der Waals surface area (Å²) in [5, 5.41) is 3.54. The third kappa shape index (κ3) is 2.66. The van der Waals surface area contributed by atoms with E-state index in [9.17, 15) is 22.4 Å². The van der Waals surface area contributed by atoms with Crippen molar-refractivity contribution in [3.8, 4) is 0 Å². The predicted octanol–water partition coefficient (Wildman–Crippen LogP) is 2.18. The van der Waals surface area contributed by atoms with E-state index in [1.807, 2.05) is 0 Å². The number of fused-ring (bicyclic) bond motifs is 1. The summed E-state index contributed by atoms with van der Waals surface area (Å²) < 4.78 is 51.1. The molecule has 0 aromatic carbocycles. The summed E-state index contributed by atoms with van der Waals surface area (Å²) in [6, 6.07) is 3.73. The van der Waals surface area contributed by atoms with Crippen molar-refractivity contribution in [2.24, 2.45) is 0 Å². The molecular formula is C13H10F4N4O. The van der Waals surface area contributed by atoms with Crippen LogP contribution in [0.15, 0.2) is 24.4 Å². The number of rotatable bonds is 2. The number of halogens is 4. The summed E-state index contributed by atoms with van der Waals surface area (Å²) in [6.45, 7) is -1.11. The van der Waals surface area contributed by atoms with Gasteiger partial charge in [-0.05, 0) is 18.2 Å². The third-order valence-corrected chi connectivity index (χ3v) is 3.29. The van der Waals surface area contributed by atoms with Gasteiger partial charge in [0, 0.05) is 19.2 Å². The number of pyridine rings is 1. The lowest BCUT2D eigenvalue weighted by Gasteiger charge is -2.18. The molecule has 0 fully saturated rings. The highest BCUT2D eigenvalue weighted by atomic mass is 19.4. The molecule has 22 heavy (non-hydrogen) atoms. The summed E-state index contributed by atoms with van der Waals surface area (Å²) >= 11 is 0. The Morgan fingerprint density at radius 3 is 2.77 bits per heavy atom. The van der Waals surface area contributed by atoms with Crippen LogP contribution >= 0.6 is 0 Å². The normalized spacial score (nSPS) is 14.3. The molecule has 0 unspecified atom stereocenters. The van der Waals surface area contributed by atoms with E-state index >= 15 is 0 Å². The van der Waals surface area contributed by atoms with Crippen LogP contribution < -0.4 is 4.90 Å². The van der Waals surface area contributed by atoms with E-state index in [0.29, 0.717) is 22.5 Å². The summed E-state index contributed by atoms with van der Waals surface area (Å²) in [6.07, 6.45) is -2.99. The molecule has 1 aliphatic rings. The Morgan fingerprint density at radius 2 is 2.05 bits per heavy atom. The van der Waals surface area contributed by atoms with Gasteiger partial charge in [-0.15, -0.1) is 0 Å². The number of alkyl halides is 3. The van der Waals surface area contributed by atoms with Gasteiger partial charge in [0.05, 0.1) is 11.4 Å². The SMILES string of the molecule is O=C(c1ccnn1CC(F)(F)F)N1CCc2nc(F)ccc21. The summed E-state index contributed by atoms with van der Waals surface area (Å²) in [5.74, 6) is -1.27. The average molecular weight is 314 g/mol. The van der Waals surface area contributed by atoms with Crippen LogP contribution in [0.1, 0.15) is 16.2 Å². The zero-order chi connectivity index (χ0) is 15.9. The van der Waals surface area contributed by atoms with Gasteiger partial charge < -0.3 is 4.90 Å².